The Labute approximate surface area is 178 Å². The summed E-state index contributed by atoms with van der Waals surface area (Å²) >= 11 is 0. The van der Waals surface area contributed by atoms with Crippen LogP contribution in [0.15, 0.2) is 42.6 Å². The van der Waals surface area contributed by atoms with Crippen LogP contribution in [0.1, 0.15) is 96.1 Å². The number of pyridine rings is 1. The number of hydrogen-bond acceptors (Lipinski definition) is 2. The molecule has 1 aromatic carbocycles. The summed E-state index contributed by atoms with van der Waals surface area (Å²) in [6.45, 7) is 5.28. The van der Waals surface area contributed by atoms with Crippen molar-refractivity contribution in [3.05, 3.63) is 48.3 Å². The maximum absolute atomic E-state index is 5.77. The first-order chi connectivity index (χ1) is 14.3. The number of aromatic nitrogens is 1. The van der Waals surface area contributed by atoms with E-state index in [4.69, 9.17) is 9.72 Å². The minimum Gasteiger partial charge on any atom is -0.494 e. The highest BCUT2D eigenvalue weighted by Gasteiger charge is 2.22. The zero-order valence-corrected chi connectivity index (χ0v) is 18.5. The van der Waals surface area contributed by atoms with Gasteiger partial charge in [-0.15, -0.1) is 0 Å². The maximum atomic E-state index is 5.77. The average molecular weight is 394 g/mol. The van der Waals surface area contributed by atoms with Gasteiger partial charge in [-0.25, -0.2) is 0 Å². The second-order valence-electron chi connectivity index (χ2n) is 8.77. The van der Waals surface area contributed by atoms with E-state index in [9.17, 15) is 0 Å². The molecule has 29 heavy (non-hydrogen) atoms. The van der Waals surface area contributed by atoms with Crippen LogP contribution >= 0.6 is 0 Å². The summed E-state index contributed by atoms with van der Waals surface area (Å²) < 4.78 is 5.77. The van der Waals surface area contributed by atoms with Crippen molar-refractivity contribution < 1.29 is 4.74 Å². The fourth-order valence-corrected chi connectivity index (χ4v) is 4.50. The van der Waals surface area contributed by atoms with E-state index in [1.165, 1.54) is 74.6 Å². The third-order valence-corrected chi connectivity index (χ3v) is 6.47. The summed E-state index contributed by atoms with van der Waals surface area (Å²) in [5.74, 6) is 2.57. The largest absolute Gasteiger partial charge is 0.494 e. The molecule has 0 saturated heterocycles. The molecule has 2 heteroatoms. The van der Waals surface area contributed by atoms with Crippen LogP contribution in [0.5, 0.6) is 5.75 Å². The highest BCUT2D eigenvalue weighted by atomic mass is 16.5. The maximum Gasteiger partial charge on any atom is 0.119 e. The Morgan fingerprint density at radius 2 is 1.52 bits per heavy atom. The summed E-state index contributed by atoms with van der Waals surface area (Å²) in [6, 6.07) is 12.9. The van der Waals surface area contributed by atoms with E-state index in [1.807, 2.05) is 0 Å². The van der Waals surface area contributed by atoms with Crippen LogP contribution in [0.4, 0.5) is 0 Å². The number of rotatable bonds is 11. The fourth-order valence-electron chi connectivity index (χ4n) is 4.50. The van der Waals surface area contributed by atoms with Crippen molar-refractivity contribution in [1.29, 1.82) is 0 Å². The van der Waals surface area contributed by atoms with Gasteiger partial charge in [0.25, 0.3) is 0 Å². The Kier molecular flexibility index (Phi) is 9.05. The van der Waals surface area contributed by atoms with Gasteiger partial charge in [-0.3, -0.25) is 4.98 Å². The first-order valence-electron chi connectivity index (χ1n) is 12.0. The molecule has 0 aliphatic heterocycles. The van der Waals surface area contributed by atoms with Crippen LogP contribution in [-0.2, 0) is 0 Å². The molecule has 0 amide bonds. The first-order valence-corrected chi connectivity index (χ1v) is 12.0. The standard InChI is InChI=1S/C27H39NO/c1-3-5-7-8-9-22-10-12-24(13-11-22)27-19-16-25(21-28-27)23-14-17-26(18-15-23)29-20-6-4-2/h14-19,21-22,24H,3-13,20H2,1-2H3. The van der Waals surface area contributed by atoms with E-state index in [1.54, 1.807) is 0 Å². The molecule has 3 rings (SSSR count). The molecule has 1 aliphatic carbocycles. The van der Waals surface area contributed by atoms with Crippen molar-refractivity contribution >= 4 is 0 Å². The molecule has 1 fully saturated rings. The molecule has 0 unspecified atom stereocenters. The van der Waals surface area contributed by atoms with Gasteiger partial charge in [0.2, 0.25) is 0 Å². The van der Waals surface area contributed by atoms with Crippen molar-refractivity contribution in [2.45, 2.75) is 90.4 Å². The third kappa shape index (κ3) is 6.87. The van der Waals surface area contributed by atoms with Gasteiger partial charge >= 0.3 is 0 Å². The number of benzene rings is 1. The number of hydrogen-bond donors (Lipinski definition) is 0. The van der Waals surface area contributed by atoms with E-state index < -0.39 is 0 Å². The topological polar surface area (TPSA) is 22.1 Å². The van der Waals surface area contributed by atoms with Crippen LogP contribution in [0.25, 0.3) is 11.1 Å². The van der Waals surface area contributed by atoms with Gasteiger partial charge in [0.05, 0.1) is 6.61 Å². The van der Waals surface area contributed by atoms with E-state index in [-0.39, 0.29) is 0 Å². The summed E-state index contributed by atoms with van der Waals surface area (Å²) in [6.07, 6.45) is 16.8. The van der Waals surface area contributed by atoms with Gasteiger partial charge in [-0.05, 0) is 61.8 Å². The van der Waals surface area contributed by atoms with Gasteiger partial charge in [-0.1, -0.05) is 70.6 Å². The minimum absolute atomic E-state index is 0.658. The van der Waals surface area contributed by atoms with Crippen molar-refractivity contribution in [3.63, 3.8) is 0 Å². The molecule has 0 spiro atoms. The molecule has 1 aromatic heterocycles. The number of ether oxygens (including phenoxy) is 1. The molecule has 0 radical (unpaired) electrons. The first kappa shape index (κ1) is 21.9. The van der Waals surface area contributed by atoms with Gasteiger partial charge in [0, 0.05) is 23.4 Å². The van der Waals surface area contributed by atoms with Crippen molar-refractivity contribution in [1.82, 2.24) is 4.98 Å². The van der Waals surface area contributed by atoms with E-state index in [2.05, 4.69) is 56.4 Å². The Morgan fingerprint density at radius 1 is 0.793 bits per heavy atom. The number of nitrogens with zero attached hydrogens (tertiary/aromatic N) is 1. The Balaban J connectivity index is 1.48. The lowest BCUT2D eigenvalue weighted by atomic mass is 9.78. The Bertz CT molecular complexity index is 683. The quantitative estimate of drug-likeness (QED) is 0.359. The van der Waals surface area contributed by atoms with Gasteiger partial charge < -0.3 is 4.74 Å². The Hall–Kier alpha value is -1.83. The normalized spacial score (nSPS) is 19.2. The highest BCUT2D eigenvalue weighted by Crippen LogP contribution is 2.37. The molecular formula is C27H39NO. The molecule has 2 aromatic rings. The van der Waals surface area contributed by atoms with Gasteiger partial charge in [0.1, 0.15) is 5.75 Å². The molecule has 158 valence electrons. The summed E-state index contributed by atoms with van der Waals surface area (Å²) in [7, 11) is 0. The SMILES string of the molecule is CCCCCCC1CCC(c2ccc(-c3ccc(OCCCC)cc3)cn2)CC1. The van der Waals surface area contributed by atoms with Crippen molar-refractivity contribution in [3.8, 4) is 16.9 Å². The van der Waals surface area contributed by atoms with Crippen LogP contribution < -0.4 is 4.74 Å². The van der Waals surface area contributed by atoms with E-state index >= 15 is 0 Å². The van der Waals surface area contributed by atoms with Crippen molar-refractivity contribution in [2.75, 3.05) is 6.61 Å². The molecule has 0 bridgehead atoms. The molecule has 1 aliphatic rings. The lowest BCUT2D eigenvalue weighted by Gasteiger charge is -2.28. The van der Waals surface area contributed by atoms with Crippen LogP contribution in [0.2, 0.25) is 0 Å². The summed E-state index contributed by atoms with van der Waals surface area (Å²) in [4.78, 5) is 4.84. The summed E-state index contributed by atoms with van der Waals surface area (Å²) in [5.41, 5.74) is 3.69. The molecule has 2 nitrogen and oxygen atoms in total. The van der Waals surface area contributed by atoms with E-state index in [0.29, 0.717) is 5.92 Å². The van der Waals surface area contributed by atoms with Crippen LogP contribution in [0.3, 0.4) is 0 Å². The van der Waals surface area contributed by atoms with Crippen molar-refractivity contribution in [2.24, 2.45) is 5.92 Å². The highest BCUT2D eigenvalue weighted by molar-refractivity contribution is 5.63. The second kappa shape index (κ2) is 12.0. The predicted octanol–water partition coefficient (Wildman–Crippen LogP) is 8.17. The molecule has 0 N–H and O–H groups in total. The third-order valence-electron chi connectivity index (χ3n) is 6.47. The molecular weight excluding hydrogens is 354 g/mol. The smallest absolute Gasteiger partial charge is 0.119 e. The second-order valence-corrected chi connectivity index (χ2v) is 8.77. The average Bonchev–Trinajstić information content (AvgIpc) is 2.78. The fraction of sp³-hybridized carbons (Fsp3) is 0.593. The molecule has 1 heterocycles. The lowest BCUT2D eigenvalue weighted by Crippen LogP contribution is -2.14. The van der Waals surface area contributed by atoms with Crippen LogP contribution in [0, 0.1) is 5.92 Å². The monoisotopic (exact) mass is 393 g/mol. The van der Waals surface area contributed by atoms with E-state index in [0.717, 1.165) is 31.1 Å². The van der Waals surface area contributed by atoms with Crippen LogP contribution in [-0.4, -0.2) is 11.6 Å². The number of unbranched alkanes of at least 4 members (excludes halogenated alkanes) is 4. The van der Waals surface area contributed by atoms with Gasteiger partial charge in [-0.2, -0.15) is 0 Å². The summed E-state index contributed by atoms with van der Waals surface area (Å²) in [5, 5.41) is 0. The minimum atomic E-state index is 0.658. The Morgan fingerprint density at radius 3 is 2.17 bits per heavy atom. The molecule has 0 atom stereocenters. The zero-order chi connectivity index (χ0) is 20.3. The van der Waals surface area contributed by atoms with Gasteiger partial charge in [0.15, 0.2) is 0 Å². The lowest BCUT2D eigenvalue weighted by molar-refractivity contribution is 0.299. The zero-order valence-electron chi connectivity index (χ0n) is 18.5. The molecule has 1 saturated carbocycles. The predicted molar refractivity (Wildman–Crippen MR) is 124 cm³/mol.